The van der Waals surface area contributed by atoms with Gasteiger partial charge in [-0.25, -0.2) is 4.98 Å². The van der Waals surface area contributed by atoms with E-state index in [-0.39, 0.29) is 0 Å². The Morgan fingerprint density at radius 2 is 2.56 bits per heavy atom. The lowest BCUT2D eigenvalue weighted by molar-refractivity contribution is 0.910. The van der Waals surface area contributed by atoms with Crippen molar-refractivity contribution in [2.75, 3.05) is 5.73 Å². The highest BCUT2D eigenvalue weighted by Gasteiger charge is 1.94. The molecule has 0 fully saturated rings. The van der Waals surface area contributed by atoms with Gasteiger partial charge in [-0.2, -0.15) is 0 Å². The Hall–Kier alpha value is -0.570. The zero-order chi connectivity index (χ0) is 6.69. The van der Waals surface area contributed by atoms with Gasteiger partial charge >= 0.3 is 0 Å². The van der Waals surface area contributed by atoms with Gasteiger partial charge in [-0.15, -0.1) is 11.3 Å². The molecule has 3 heteroatoms. The number of thiazole rings is 1. The third-order valence-electron chi connectivity index (χ3n) is 1.03. The van der Waals surface area contributed by atoms with Gasteiger partial charge in [-0.3, -0.25) is 0 Å². The van der Waals surface area contributed by atoms with Crippen LogP contribution in [0.15, 0.2) is 5.38 Å². The topological polar surface area (TPSA) is 38.9 Å². The molecule has 0 spiro atoms. The van der Waals surface area contributed by atoms with E-state index in [4.69, 9.17) is 5.73 Å². The first kappa shape index (κ1) is 6.55. The lowest BCUT2D eigenvalue weighted by Gasteiger charge is -1.85. The van der Waals surface area contributed by atoms with Crippen molar-refractivity contribution in [2.24, 2.45) is 0 Å². The molecule has 2 nitrogen and oxygen atoms in total. The van der Waals surface area contributed by atoms with Crippen LogP contribution in [-0.2, 0) is 6.42 Å². The summed E-state index contributed by atoms with van der Waals surface area (Å²) in [5.74, 6) is 0.656. The summed E-state index contributed by atoms with van der Waals surface area (Å²) in [6.45, 7) is 2.14. The normalized spacial score (nSPS) is 9.89. The summed E-state index contributed by atoms with van der Waals surface area (Å²) in [6.07, 6.45) is 2.20. The fourth-order valence-corrected chi connectivity index (χ4v) is 1.44. The molecule has 0 bridgehead atoms. The molecule has 0 aliphatic heterocycles. The number of rotatable bonds is 2. The summed E-state index contributed by atoms with van der Waals surface area (Å²) in [7, 11) is 0. The van der Waals surface area contributed by atoms with Gasteiger partial charge in [0.15, 0.2) is 0 Å². The molecule has 0 aliphatic carbocycles. The van der Waals surface area contributed by atoms with Gasteiger partial charge in [0.25, 0.3) is 0 Å². The molecule has 1 rings (SSSR count). The number of aromatic nitrogens is 1. The maximum absolute atomic E-state index is 5.41. The second-order valence-electron chi connectivity index (χ2n) is 1.92. The Labute approximate surface area is 58.7 Å². The van der Waals surface area contributed by atoms with Crippen LogP contribution in [-0.4, -0.2) is 4.98 Å². The van der Waals surface area contributed by atoms with Crippen LogP contribution >= 0.6 is 11.3 Å². The van der Waals surface area contributed by atoms with E-state index >= 15 is 0 Å². The Bertz CT molecular complexity index is 183. The summed E-state index contributed by atoms with van der Waals surface area (Å²) < 4.78 is 0. The van der Waals surface area contributed by atoms with Crippen LogP contribution in [0.1, 0.15) is 18.4 Å². The SMILES string of the molecule is CCCc1nc(N)cs1. The number of aryl methyl sites for hydroxylation is 1. The largest absolute Gasteiger partial charge is 0.383 e. The minimum Gasteiger partial charge on any atom is -0.383 e. The van der Waals surface area contributed by atoms with Crippen molar-refractivity contribution < 1.29 is 0 Å². The molecule has 0 amide bonds. The van der Waals surface area contributed by atoms with Gasteiger partial charge in [-0.1, -0.05) is 6.92 Å². The standard InChI is InChI=1S/C6H10N2S/c1-2-3-6-8-5(7)4-9-6/h4H,2-3,7H2,1H3. The predicted octanol–water partition coefficient (Wildman–Crippen LogP) is 1.68. The molecule has 0 aliphatic rings. The first-order chi connectivity index (χ1) is 4.33. The zero-order valence-corrected chi connectivity index (χ0v) is 6.24. The van der Waals surface area contributed by atoms with Gasteiger partial charge in [0.1, 0.15) is 5.82 Å². The second kappa shape index (κ2) is 2.82. The van der Waals surface area contributed by atoms with Crippen molar-refractivity contribution in [3.05, 3.63) is 10.4 Å². The molecular formula is C6H10N2S. The van der Waals surface area contributed by atoms with Crippen LogP contribution in [0.2, 0.25) is 0 Å². The zero-order valence-electron chi connectivity index (χ0n) is 5.42. The molecule has 0 radical (unpaired) electrons. The molecule has 0 saturated heterocycles. The summed E-state index contributed by atoms with van der Waals surface area (Å²) in [5.41, 5.74) is 5.41. The van der Waals surface area contributed by atoms with Crippen molar-refractivity contribution in [1.82, 2.24) is 4.98 Å². The number of hydrogen-bond donors (Lipinski definition) is 1. The monoisotopic (exact) mass is 142 g/mol. The highest BCUT2D eigenvalue weighted by atomic mass is 32.1. The second-order valence-corrected chi connectivity index (χ2v) is 2.86. The number of nitrogen functional groups attached to an aromatic ring is 1. The summed E-state index contributed by atoms with van der Waals surface area (Å²) in [6, 6.07) is 0. The average molecular weight is 142 g/mol. The van der Waals surface area contributed by atoms with Crippen molar-refractivity contribution >= 4 is 17.2 Å². The van der Waals surface area contributed by atoms with Gasteiger partial charge in [0, 0.05) is 5.38 Å². The maximum Gasteiger partial charge on any atom is 0.134 e. The Morgan fingerprint density at radius 1 is 1.78 bits per heavy atom. The van der Waals surface area contributed by atoms with E-state index in [1.165, 1.54) is 0 Å². The fourth-order valence-electron chi connectivity index (χ4n) is 0.654. The average Bonchev–Trinajstić information content (AvgIpc) is 2.17. The smallest absolute Gasteiger partial charge is 0.134 e. The number of anilines is 1. The van der Waals surface area contributed by atoms with E-state index in [1.54, 1.807) is 11.3 Å². The van der Waals surface area contributed by atoms with Crippen molar-refractivity contribution in [3.8, 4) is 0 Å². The third kappa shape index (κ3) is 1.68. The molecular weight excluding hydrogens is 132 g/mol. The molecule has 2 N–H and O–H groups in total. The lowest BCUT2D eigenvalue weighted by atomic mass is 10.4. The Morgan fingerprint density at radius 3 is 3.00 bits per heavy atom. The van der Waals surface area contributed by atoms with Crippen LogP contribution in [0.4, 0.5) is 5.82 Å². The van der Waals surface area contributed by atoms with E-state index in [1.807, 2.05) is 5.38 Å². The molecule has 0 aromatic carbocycles. The highest BCUT2D eigenvalue weighted by molar-refractivity contribution is 7.09. The first-order valence-electron chi connectivity index (χ1n) is 3.03. The van der Waals surface area contributed by atoms with Crippen molar-refractivity contribution in [3.63, 3.8) is 0 Å². The van der Waals surface area contributed by atoms with Crippen LogP contribution in [0.3, 0.4) is 0 Å². The summed E-state index contributed by atoms with van der Waals surface area (Å²) in [4.78, 5) is 4.10. The van der Waals surface area contributed by atoms with Crippen LogP contribution in [0.5, 0.6) is 0 Å². The molecule has 1 heterocycles. The number of nitrogens with two attached hydrogens (primary N) is 1. The van der Waals surface area contributed by atoms with Crippen molar-refractivity contribution in [2.45, 2.75) is 19.8 Å². The summed E-state index contributed by atoms with van der Waals surface area (Å²) in [5, 5.41) is 3.03. The highest BCUT2D eigenvalue weighted by Crippen LogP contribution is 2.11. The lowest BCUT2D eigenvalue weighted by Crippen LogP contribution is -1.85. The number of hydrogen-bond acceptors (Lipinski definition) is 3. The van der Waals surface area contributed by atoms with Crippen molar-refractivity contribution in [1.29, 1.82) is 0 Å². The molecule has 0 saturated carbocycles. The molecule has 0 atom stereocenters. The molecule has 1 aromatic rings. The van der Waals surface area contributed by atoms with E-state index in [2.05, 4.69) is 11.9 Å². The number of nitrogens with zero attached hydrogens (tertiary/aromatic N) is 1. The van der Waals surface area contributed by atoms with Crippen LogP contribution in [0.25, 0.3) is 0 Å². The first-order valence-corrected chi connectivity index (χ1v) is 3.90. The van der Waals surface area contributed by atoms with Gasteiger partial charge in [0.05, 0.1) is 5.01 Å². The predicted molar refractivity (Wildman–Crippen MR) is 40.5 cm³/mol. The fraction of sp³-hybridized carbons (Fsp3) is 0.500. The van der Waals surface area contributed by atoms with E-state index in [0.717, 1.165) is 17.8 Å². The summed E-state index contributed by atoms with van der Waals surface area (Å²) >= 11 is 1.64. The van der Waals surface area contributed by atoms with Gasteiger partial charge < -0.3 is 5.73 Å². The van der Waals surface area contributed by atoms with Gasteiger partial charge in [0.2, 0.25) is 0 Å². The Balaban J connectivity index is 2.61. The van der Waals surface area contributed by atoms with E-state index in [9.17, 15) is 0 Å². The van der Waals surface area contributed by atoms with E-state index in [0.29, 0.717) is 5.82 Å². The van der Waals surface area contributed by atoms with E-state index < -0.39 is 0 Å². The minimum absolute atomic E-state index is 0.656. The molecule has 9 heavy (non-hydrogen) atoms. The minimum atomic E-state index is 0.656. The Kier molecular flexibility index (Phi) is 2.05. The third-order valence-corrected chi connectivity index (χ3v) is 1.96. The van der Waals surface area contributed by atoms with Crippen LogP contribution < -0.4 is 5.73 Å². The molecule has 50 valence electrons. The quantitative estimate of drug-likeness (QED) is 0.682. The molecule has 1 aromatic heterocycles. The molecule has 0 unspecified atom stereocenters. The maximum atomic E-state index is 5.41. The van der Waals surface area contributed by atoms with Gasteiger partial charge in [-0.05, 0) is 12.8 Å². The van der Waals surface area contributed by atoms with Crippen LogP contribution in [0, 0.1) is 0 Å².